The van der Waals surface area contributed by atoms with Crippen molar-refractivity contribution in [2.24, 2.45) is 0 Å². The average molecular weight is 133 g/mol. The van der Waals surface area contributed by atoms with E-state index in [9.17, 15) is 0 Å². The maximum atomic E-state index is 3.10. The molecule has 0 aromatic carbocycles. The molecule has 1 N–H and O–H groups in total. The summed E-state index contributed by atoms with van der Waals surface area (Å²) in [5.74, 6) is 0. The first-order valence-corrected chi connectivity index (χ1v) is 3.79. The highest BCUT2D eigenvalue weighted by molar-refractivity contribution is 5.43. The third kappa shape index (κ3) is 0.878. The topological polar surface area (TPSA) is 12.0 Å². The highest BCUT2D eigenvalue weighted by Crippen LogP contribution is 2.25. The largest absolute Gasteiger partial charge is 0.367 e. The lowest BCUT2D eigenvalue weighted by Gasteiger charge is -2.16. The van der Waals surface area contributed by atoms with Crippen LogP contribution in [0.4, 0.5) is 0 Å². The maximum absolute atomic E-state index is 3.10. The van der Waals surface area contributed by atoms with Crippen LogP contribution in [0.2, 0.25) is 0 Å². The Morgan fingerprint density at radius 1 is 1.40 bits per heavy atom. The number of hydrogen-bond acceptors (Lipinski definition) is 1. The average Bonchev–Trinajstić information content (AvgIpc) is 2.05. The third-order valence-corrected chi connectivity index (χ3v) is 2.00. The molecule has 10 heavy (non-hydrogen) atoms. The zero-order valence-corrected chi connectivity index (χ0v) is 5.93. The Hall–Kier alpha value is -0.980. The van der Waals surface area contributed by atoms with Crippen molar-refractivity contribution < 1.29 is 0 Å². The lowest BCUT2D eigenvalue weighted by atomic mass is 9.93. The van der Waals surface area contributed by atoms with E-state index in [4.69, 9.17) is 0 Å². The molecule has 0 radical (unpaired) electrons. The molecule has 0 saturated carbocycles. The van der Waals surface area contributed by atoms with E-state index in [0.717, 1.165) is 0 Å². The Kier molecular flexibility index (Phi) is 1.35. The van der Waals surface area contributed by atoms with Gasteiger partial charge in [0.15, 0.2) is 0 Å². The molecule has 0 bridgehead atoms. The van der Waals surface area contributed by atoms with Gasteiger partial charge in [-0.1, -0.05) is 6.08 Å². The van der Waals surface area contributed by atoms with E-state index in [-0.39, 0.29) is 0 Å². The fourth-order valence-corrected chi connectivity index (χ4v) is 1.44. The maximum Gasteiger partial charge on any atom is 0.00426 e. The predicted molar refractivity (Wildman–Crippen MR) is 42.3 cm³/mol. The van der Waals surface area contributed by atoms with Gasteiger partial charge in [-0.2, -0.15) is 0 Å². The summed E-state index contributed by atoms with van der Waals surface area (Å²) < 4.78 is 0. The summed E-state index contributed by atoms with van der Waals surface area (Å²) in [5.41, 5.74) is 2.89. The highest BCUT2D eigenvalue weighted by atomic mass is 14.8. The molecule has 2 rings (SSSR count). The van der Waals surface area contributed by atoms with Crippen LogP contribution in [0.15, 0.2) is 35.7 Å². The number of nitrogens with one attached hydrogen (secondary N) is 1. The third-order valence-electron chi connectivity index (χ3n) is 2.00. The van der Waals surface area contributed by atoms with Crippen LogP contribution in [0.1, 0.15) is 19.3 Å². The molecule has 0 spiro atoms. The Morgan fingerprint density at radius 2 is 2.40 bits per heavy atom. The van der Waals surface area contributed by atoms with Gasteiger partial charge in [-0.15, -0.1) is 0 Å². The quantitative estimate of drug-likeness (QED) is 0.533. The van der Waals surface area contributed by atoms with Crippen molar-refractivity contribution in [2.45, 2.75) is 19.3 Å². The molecular formula is C9H11N. The zero-order valence-electron chi connectivity index (χ0n) is 5.93. The number of fused-ring (bicyclic) bond motifs is 1. The van der Waals surface area contributed by atoms with E-state index in [1.807, 2.05) is 6.20 Å². The molecule has 0 atom stereocenters. The molecule has 0 unspecified atom stereocenters. The second-order valence-corrected chi connectivity index (χ2v) is 2.72. The predicted octanol–water partition coefficient (Wildman–Crippen LogP) is 2.10. The summed E-state index contributed by atoms with van der Waals surface area (Å²) in [6.07, 6.45) is 12.3. The molecule has 0 saturated heterocycles. The van der Waals surface area contributed by atoms with E-state index in [2.05, 4.69) is 23.7 Å². The molecule has 1 aliphatic carbocycles. The lowest BCUT2D eigenvalue weighted by Crippen LogP contribution is -2.05. The van der Waals surface area contributed by atoms with Gasteiger partial charge in [-0.25, -0.2) is 0 Å². The van der Waals surface area contributed by atoms with Gasteiger partial charge in [0.25, 0.3) is 0 Å². The molecule has 0 amide bonds. The van der Waals surface area contributed by atoms with E-state index < -0.39 is 0 Å². The summed E-state index contributed by atoms with van der Waals surface area (Å²) in [7, 11) is 0. The molecule has 1 nitrogen and oxygen atoms in total. The number of allylic oxidation sites excluding steroid dienone is 4. The van der Waals surface area contributed by atoms with E-state index in [1.54, 1.807) is 0 Å². The van der Waals surface area contributed by atoms with Gasteiger partial charge in [-0.05, 0) is 36.5 Å². The van der Waals surface area contributed by atoms with Crippen molar-refractivity contribution in [1.29, 1.82) is 0 Å². The van der Waals surface area contributed by atoms with Crippen molar-refractivity contribution in [1.82, 2.24) is 5.32 Å². The van der Waals surface area contributed by atoms with Crippen molar-refractivity contribution in [2.75, 3.05) is 0 Å². The van der Waals surface area contributed by atoms with Crippen LogP contribution in [-0.4, -0.2) is 0 Å². The van der Waals surface area contributed by atoms with Crippen molar-refractivity contribution in [3.05, 3.63) is 35.7 Å². The molecule has 0 aromatic heterocycles. The van der Waals surface area contributed by atoms with Crippen LogP contribution >= 0.6 is 0 Å². The highest BCUT2D eigenvalue weighted by Gasteiger charge is 2.08. The standard InChI is InChI=1S/C9H11N/c1-2-4-9-7-10-6-5-8(9)3-1/h3,5-7,10H,1-2,4H2. The first kappa shape index (κ1) is 5.78. The molecule has 1 aliphatic heterocycles. The molecule has 0 fully saturated rings. The SMILES string of the molecule is C1=CC2=CCCCC2=CN1. The fraction of sp³-hybridized carbons (Fsp3) is 0.333. The first-order valence-electron chi connectivity index (χ1n) is 3.79. The second-order valence-electron chi connectivity index (χ2n) is 2.72. The monoisotopic (exact) mass is 133 g/mol. The minimum Gasteiger partial charge on any atom is -0.367 e. The van der Waals surface area contributed by atoms with E-state index in [1.165, 1.54) is 30.4 Å². The van der Waals surface area contributed by atoms with Gasteiger partial charge in [0.2, 0.25) is 0 Å². The van der Waals surface area contributed by atoms with Gasteiger partial charge in [-0.3, -0.25) is 0 Å². The minimum absolute atomic E-state index is 1.24. The first-order chi connectivity index (χ1) is 4.97. The normalized spacial score (nSPS) is 22.4. The van der Waals surface area contributed by atoms with Crippen LogP contribution in [-0.2, 0) is 0 Å². The lowest BCUT2D eigenvalue weighted by molar-refractivity contribution is 0.797. The van der Waals surface area contributed by atoms with Crippen LogP contribution in [0, 0.1) is 0 Å². The molecule has 2 aliphatic rings. The van der Waals surface area contributed by atoms with Gasteiger partial charge >= 0.3 is 0 Å². The van der Waals surface area contributed by atoms with Crippen molar-refractivity contribution in [3.8, 4) is 0 Å². The molecule has 1 heterocycles. The van der Waals surface area contributed by atoms with Crippen LogP contribution < -0.4 is 5.32 Å². The summed E-state index contributed by atoms with van der Waals surface area (Å²) in [6, 6.07) is 0. The van der Waals surface area contributed by atoms with Crippen LogP contribution in [0.5, 0.6) is 0 Å². The van der Waals surface area contributed by atoms with Crippen LogP contribution in [0.25, 0.3) is 0 Å². The molecule has 52 valence electrons. The van der Waals surface area contributed by atoms with Gasteiger partial charge < -0.3 is 5.32 Å². The Balaban J connectivity index is 2.32. The molecular weight excluding hydrogens is 122 g/mol. The summed E-state index contributed by atoms with van der Waals surface area (Å²) in [6.45, 7) is 0. The van der Waals surface area contributed by atoms with E-state index >= 15 is 0 Å². The number of hydrogen-bond donors (Lipinski definition) is 1. The number of rotatable bonds is 0. The Bertz CT molecular complexity index is 221. The summed E-state index contributed by atoms with van der Waals surface area (Å²) >= 11 is 0. The molecule has 1 heteroatoms. The Labute approximate surface area is 61.1 Å². The summed E-state index contributed by atoms with van der Waals surface area (Å²) in [4.78, 5) is 0. The summed E-state index contributed by atoms with van der Waals surface area (Å²) in [5, 5.41) is 3.10. The van der Waals surface area contributed by atoms with Gasteiger partial charge in [0, 0.05) is 12.4 Å². The van der Waals surface area contributed by atoms with Crippen molar-refractivity contribution in [3.63, 3.8) is 0 Å². The van der Waals surface area contributed by atoms with E-state index in [0.29, 0.717) is 0 Å². The minimum atomic E-state index is 1.24. The second kappa shape index (κ2) is 2.33. The van der Waals surface area contributed by atoms with Gasteiger partial charge in [0.05, 0.1) is 0 Å². The molecule has 0 aromatic rings. The smallest absolute Gasteiger partial charge is 0.00426 e. The number of dihydropyridines is 1. The Morgan fingerprint density at radius 3 is 3.30 bits per heavy atom. The van der Waals surface area contributed by atoms with Crippen molar-refractivity contribution >= 4 is 0 Å². The van der Waals surface area contributed by atoms with Gasteiger partial charge in [0.1, 0.15) is 0 Å². The van der Waals surface area contributed by atoms with Crippen LogP contribution in [0.3, 0.4) is 0 Å². The zero-order chi connectivity index (χ0) is 6.81. The fourth-order valence-electron chi connectivity index (χ4n) is 1.44.